The predicted octanol–water partition coefficient (Wildman–Crippen LogP) is 7.66. The number of ether oxygens (including phenoxy) is 3. The number of rotatable bonds is 10. The summed E-state index contributed by atoms with van der Waals surface area (Å²) in [4.78, 5) is 2.12. The first-order valence-corrected chi connectivity index (χ1v) is 13.6. The van der Waals surface area contributed by atoms with Crippen molar-refractivity contribution in [2.45, 2.75) is 38.9 Å². The number of nitrogens with zero attached hydrogens (tertiary/aromatic N) is 1. The predicted molar refractivity (Wildman–Crippen MR) is 152 cm³/mol. The molecular formula is C31H36BrNO3. The van der Waals surface area contributed by atoms with E-state index in [9.17, 15) is 0 Å². The highest BCUT2D eigenvalue weighted by atomic mass is 79.9. The Morgan fingerprint density at radius 3 is 2.03 bits per heavy atom. The van der Waals surface area contributed by atoms with Gasteiger partial charge in [-0.05, 0) is 97.6 Å². The van der Waals surface area contributed by atoms with Crippen molar-refractivity contribution in [1.82, 2.24) is 4.90 Å². The van der Waals surface area contributed by atoms with Crippen molar-refractivity contribution < 1.29 is 14.2 Å². The lowest BCUT2D eigenvalue weighted by Gasteiger charge is -2.23. The Balaban J connectivity index is 1.66. The number of allylic oxidation sites excluding steroid dienone is 1. The zero-order valence-electron chi connectivity index (χ0n) is 21.5. The van der Waals surface area contributed by atoms with E-state index in [1.807, 2.05) is 0 Å². The Kier molecular flexibility index (Phi) is 9.62. The van der Waals surface area contributed by atoms with E-state index in [1.165, 1.54) is 22.3 Å². The van der Waals surface area contributed by atoms with E-state index in [0.29, 0.717) is 6.61 Å². The molecule has 1 atom stereocenters. The Labute approximate surface area is 224 Å². The molecule has 0 radical (unpaired) electrons. The molecule has 1 unspecified atom stereocenters. The molecule has 1 fully saturated rings. The van der Waals surface area contributed by atoms with Crippen LogP contribution in [0, 0.1) is 0 Å². The smallest absolute Gasteiger partial charge is 0.199 e. The Morgan fingerprint density at radius 2 is 1.47 bits per heavy atom. The zero-order chi connectivity index (χ0) is 25.3. The topological polar surface area (TPSA) is 30.9 Å². The molecule has 5 heteroatoms. The van der Waals surface area contributed by atoms with Gasteiger partial charge in [-0.25, -0.2) is 0 Å². The number of benzene rings is 3. The summed E-state index contributed by atoms with van der Waals surface area (Å²) >= 11 is 3.57. The van der Waals surface area contributed by atoms with Crippen LogP contribution in [0.1, 0.15) is 49.3 Å². The van der Waals surface area contributed by atoms with Gasteiger partial charge in [-0.15, -0.1) is 0 Å². The van der Waals surface area contributed by atoms with Gasteiger partial charge in [0, 0.05) is 17.4 Å². The molecule has 1 aliphatic heterocycles. The van der Waals surface area contributed by atoms with Crippen molar-refractivity contribution in [3.8, 4) is 11.5 Å². The third-order valence-electron chi connectivity index (χ3n) is 6.35. The maximum Gasteiger partial charge on any atom is 0.199 e. The molecule has 0 amide bonds. The first kappa shape index (κ1) is 26.5. The van der Waals surface area contributed by atoms with Crippen LogP contribution in [0.3, 0.4) is 0 Å². The molecule has 3 aromatic rings. The number of likely N-dealkylation sites (N-methyl/N-ethyl adjacent to an activating group) is 1. The molecular weight excluding hydrogens is 514 g/mol. The van der Waals surface area contributed by atoms with Gasteiger partial charge in [0.15, 0.2) is 6.29 Å². The van der Waals surface area contributed by atoms with Gasteiger partial charge < -0.3 is 19.1 Å². The van der Waals surface area contributed by atoms with Crippen LogP contribution in [0.15, 0.2) is 77.3 Å². The molecule has 1 heterocycles. The maximum absolute atomic E-state index is 6.09. The average Bonchev–Trinajstić information content (AvgIpc) is 2.90. The van der Waals surface area contributed by atoms with Crippen LogP contribution in [0.4, 0.5) is 0 Å². The normalized spacial score (nSPS) is 16.5. The van der Waals surface area contributed by atoms with Crippen LogP contribution in [-0.2, 0) is 4.74 Å². The van der Waals surface area contributed by atoms with Crippen LogP contribution in [0.5, 0.6) is 11.5 Å². The minimum Gasteiger partial charge on any atom is -0.492 e. The van der Waals surface area contributed by atoms with Crippen molar-refractivity contribution in [1.29, 1.82) is 0 Å². The van der Waals surface area contributed by atoms with Crippen LogP contribution in [-0.4, -0.2) is 45.0 Å². The highest BCUT2D eigenvalue weighted by molar-refractivity contribution is 9.10. The molecule has 0 aliphatic carbocycles. The van der Waals surface area contributed by atoms with E-state index in [1.54, 1.807) is 0 Å². The van der Waals surface area contributed by atoms with Gasteiger partial charge in [0.2, 0.25) is 0 Å². The summed E-state index contributed by atoms with van der Waals surface area (Å²) < 4.78 is 18.9. The molecule has 3 aromatic carbocycles. The van der Waals surface area contributed by atoms with Gasteiger partial charge in [0.05, 0.1) is 6.61 Å². The van der Waals surface area contributed by atoms with Gasteiger partial charge >= 0.3 is 0 Å². The van der Waals surface area contributed by atoms with Crippen LogP contribution in [0.2, 0.25) is 0 Å². The van der Waals surface area contributed by atoms with E-state index in [-0.39, 0.29) is 6.29 Å². The second-order valence-electron chi connectivity index (χ2n) is 9.33. The summed E-state index contributed by atoms with van der Waals surface area (Å²) in [6.07, 6.45) is 3.97. The second-order valence-corrected chi connectivity index (χ2v) is 10.2. The van der Waals surface area contributed by atoms with Gasteiger partial charge in [-0.3, -0.25) is 0 Å². The SMILES string of the molecule is CC/C(=C(/c1ccc(OCCN(C)C)cc1)c1ccc(OC2CCCCO2)cc1)c1ccc(Br)cc1. The molecule has 36 heavy (non-hydrogen) atoms. The Bertz CT molecular complexity index is 1120. The van der Waals surface area contributed by atoms with Crippen LogP contribution < -0.4 is 9.47 Å². The standard InChI is InChI=1S/C31H36BrNO3/c1-4-29(23-8-14-26(32)15-9-23)31(24-10-16-27(17-11-24)34-22-20-33(2)3)25-12-18-28(19-13-25)36-30-7-5-6-21-35-30/h8-19,30H,4-7,20-22H2,1-3H3/b31-29+. The lowest BCUT2D eigenvalue weighted by Crippen LogP contribution is -2.24. The molecule has 1 saturated heterocycles. The van der Waals surface area contributed by atoms with Gasteiger partial charge in [0.1, 0.15) is 18.1 Å². The number of halogens is 1. The number of hydrogen-bond donors (Lipinski definition) is 0. The molecule has 4 rings (SSSR count). The minimum atomic E-state index is -0.145. The van der Waals surface area contributed by atoms with E-state index in [4.69, 9.17) is 14.2 Å². The molecule has 0 bridgehead atoms. The third-order valence-corrected chi connectivity index (χ3v) is 6.88. The van der Waals surface area contributed by atoms with Crippen LogP contribution in [0.25, 0.3) is 11.1 Å². The summed E-state index contributed by atoms with van der Waals surface area (Å²) in [6, 6.07) is 25.4. The molecule has 190 valence electrons. The second kappa shape index (κ2) is 13.1. The summed E-state index contributed by atoms with van der Waals surface area (Å²) in [5.74, 6) is 1.73. The van der Waals surface area contributed by atoms with E-state index >= 15 is 0 Å². The average molecular weight is 551 g/mol. The van der Waals surface area contributed by atoms with Crippen molar-refractivity contribution in [2.24, 2.45) is 0 Å². The molecule has 0 aromatic heterocycles. The third kappa shape index (κ3) is 7.22. The molecule has 4 nitrogen and oxygen atoms in total. The first-order chi connectivity index (χ1) is 17.5. The van der Waals surface area contributed by atoms with Crippen molar-refractivity contribution in [2.75, 3.05) is 33.9 Å². The highest BCUT2D eigenvalue weighted by Gasteiger charge is 2.17. The molecule has 0 saturated carbocycles. The lowest BCUT2D eigenvalue weighted by molar-refractivity contribution is -0.105. The maximum atomic E-state index is 6.09. The van der Waals surface area contributed by atoms with Crippen molar-refractivity contribution in [3.05, 3.63) is 94.0 Å². The Morgan fingerprint density at radius 1 is 0.861 bits per heavy atom. The fourth-order valence-electron chi connectivity index (χ4n) is 4.41. The molecule has 1 aliphatic rings. The van der Waals surface area contributed by atoms with Crippen LogP contribution >= 0.6 is 15.9 Å². The van der Waals surface area contributed by atoms with E-state index in [0.717, 1.165) is 60.4 Å². The van der Waals surface area contributed by atoms with Gasteiger partial charge in [-0.2, -0.15) is 0 Å². The first-order valence-electron chi connectivity index (χ1n) is 12.8. The zero-order valence-corrected chi connectivity index (χ0v) is 23.1. The molecule has 0 N–H and O–H groups in total. The summed E-state index contributed by atoms with van der Waals surface area (Å²) in [5, 5.41) is 0. The lowest BCUT2D eigenvalue weighted by atomic mass is 9.88. The Hall–Kier alpha value is -2.60. The monoisotopic (exact) mass is 549 g/mol. The summed E-state index contributed by atoms with van der Waals surface area (Å²) in [5.41, 5.74) is 6.07. The summed E-state index contributed by atoms with van der Waals surface area (Å²) in [6.45, 7) is 4.54. The highest BCUT2D eigenvalue weighted by Crippen LogP contribution is 2.36. The quantitative estimate of drug-likeness (QED) is 0.243. The fourth-order valence-corrected chi connectivity index (χ4v) is 4.68. The summed E-state index contributed by atoms with van der Waals surface area (Å²) in [7, 11) is 4.10. The fraction of sp³-hybridized carbons (Fsp3) is 0.355. The van der Waals surface area contributed by atoms with E-state index < -0.39 is 0 Å². The van der Waals surface area contributed by atoms with Crippen molar-refractivity contribution >= 4 is 27.1 Å². The van der Waals surface area contributed by atoms with Crippen molar-refractivity contribution in [3.63, 3.8) is 0 Å². The van der Waals surface area contributed by atoms with Gasteiger partial charge in [0.25, 0.3) is 0 Å². The largest absolute Gasteiger partial charge is 0.492 e. The van der Waals surface area contributed by atoms with Gasteiger partial charge in [-0.1, -0.05) is 59.3 Å². The molecule has 0 spiro atoms. The van der Waals surface area contributed by atoms with E-state index in [2.05, 4.69) is 115 Å². The minimum absolute atomic E-state index is 0.145. The number of hydrogen-bond acceptors (Lipinski definition) is 4.